The number of aryl methyl sites for hydroxylation is 1. The first-order chi connectivity index (χ1) is 16.2. The van der Waals surface area contributed by atoms with E-state index < -0.39 is 15.9 Å². The van der Waals surface area contributed by atoms with Gasteiger partial charge in [-0.25, -0.2) is 13.4 Å². The van der Waals surface area contributed by atoms with Crippen LogP contribution in [0, 0.1) is 6.92 Å². The number of nitrogens with zero attached hydrogens (tertiary/aromatic N) is 2. The number of hydrogen-bond acceptors (Lipinski definition) is 6. The molecular formula is C23H20ClN5O4S. The minimum absolute atomic E-state index is 0.0461. The maximum atomic E-state index is 12.8. The molecule has 0 saturated carbocycles. The second-order valence-corrected chi connectivity index (χ2v) is 9.55. The molecule has 0 fully saturated rings. The predicted octanol–water partition coefficient (Wildman–Crippen LogP) is 3.34. The van der Waals surface area contributed by atoms with E-state index in [1.807, 2.05) is 19.1 Å². The highest BCUT2D eigenvalue weighted by molar-refractivity contribution is 7.92. The molecule has 0 atom stereocenters. The van der Waals surface area contributed by atoms with Crippen LogP contribution in [-0.2, 0) is 19.6 Å². The maximum absolute atomic E-state index is 12.8. The summed E-state index contributed by atoms with van der Waals surface area (Å²) in [5, 5.41) is 4.34. The molecule has 0 aliphatic carbocycles. The van der Waals surface area contributed by atoms with Crippen molar-refractivity contribution in [2.45, 2.75) is 11.8 Å². The van der Waals surface area contributed by atoms with Crippen molar-refractivity contribution in [2.24, 2.45) is 4.99 Å². The minimum Gasteiger partial charge on any atom is -0.319 e. The Morgan fingerprint density at radius 3 is 2.44 bits per heavy atom. The first kappa shape index (κ1) is 23.3. The number of hydrazine groups is 1. The number of aliphatic imine (C=N–C) groups is 1. The third-order valence-electron chi connectivity index (χ3n) is 4.85. The number of nitrogens with one attached hydrogen (secondary N) is 3. The summed E-state index contributed by atoms with van der Waals surface area (Å²) in [7, 11) is -3.91. The minimum atomic E-state index is -3.91. The van der Waals surface area contributed by atoms with Gasteiger partial charge >= 0.3 is 0 Å². The molecule has 2 amide bonds. The Morgan fingerprint density at radius 1 is 1.03 bits per heavy atom. The zero-order chi connectivity index (χ0) is 24.3. The van der Waals surface area contributed by atoms with E-state index in [0.717, 1.165) is 5.56 Å². The molecule has 3 aromatic rings. The molecule has 3 aromatic carbocycles. The average molecular weight is 498 g/mol. The van der Waals surface area contributed by atoms with Gasteiger partial charge in [0.05, 0.1) is 10.6 Å². The second kappa shape index (κ2) is 9.54. The lowest BCUT2D eigenvalue weighted by Gasteiger charge is -2.27. The molecule has 0 aromatic heterocycles. The molecule has 9 nitrogen and oxygen atoms in total. The standard InChI is InChI=1S/C23H20ClN5O4S/c1-15-5-11-19(12-6-15)29-21(30)14-25-22(27-29)23(31)26-18-3-2-4-20(13-18)34(32,33)28-17-9-7-16(24)8-10-17/h2-13,28H,14H2,1H3,(H,25,27)(H,26,31). The molecule has 3 N–H and O–H groups in total. The van der Waals surface area contributed by atoms with Crippen LogP contribution >= 0.6 is 11.6 Å². The van der Waals surface area contributed by atoms with Crippen molar-refractivity contribution in [1.82, 2.24) is 5.43 Å². The fourth-order valence-electron chi connectivity index (χ4n) is 3.11. The van der Waals surface area contributed by atoms with Crippen LogP contribution in [0.25, 0.3) is 0 Å². The third-order valence-corrected chi connectivity index (χ3v) is 6.48. The van der Waals surface area contributed by atoms with Crippen molar-refractivity contribution < 1.29 is 18.0 Å². The van der Waals surface area contributed by atoms with Gasteiger partial charge in [-0.3, -0.25) is 24.7 Å². The van der Waals surface area contributed by atoms with Gasteiger partial charge in [0, 0.05) is 16.4 Å². The molecular weight excluding hydrogens is 478 g/mol. The van der Waals surface area contributed by atoms with E-state index in [-0.39, 0.29) is 28.9 Å². The number of sulfonamides is 1. The zero-order valence-corrected chi connectivity index (χ0v) is 19.5. The average Bonchev–Trinajstić information content (AvgIpc) is 2.81. The van der Waals surface area contributed by atoms with Crippen LogP contribution in [-0.4, -0.2) is 32.6 Å². The van der Waals surface area contributed by atoms with Crippen LogP contribution < -0.4 is 20.5 Å². The van der Waals surface area contributed by atoms with Gasteiger partial charge in [-0.1, -0.05) is 35.4 Å². The maximum Gasteiger partial charge on any atom is 0.292 e. The summed E-state index contributed by atoms with van der Waals surface area (Å²) in [5.41, 5.74) is 4.91. The highest BCUT2D eigenvalue weighted by atomic mass is 35.5. The van der Waals surface area contributed by atoms with E-state index in [2.05, 4.69) is 20.5 Å². The number of benzene rings is 3. The van der Waals surface area contributed by atoms with Gasteiger partial charge in [0.15, 0.2) is 0 Å². The number of anilines is 3. The van der Waals surface area contributed by atoms with Crippen LogP contribution in [0.4, 0.5) is 17.1 Å². The van der Waals surface area contributed by atoms with E-state index in [4.69, 9.17) is 11.6 Å². The van der Waals surface area contributed by atoms with Crippen LogP contribution in [0.15, 0.2) is 82.7 Å². The fraction of sp³-hybridized carbons (Fsp3) is 0.0870. The summed E-state index contributed by atoms with van der Waals surface area (Å²) < 4.78 is 28.0. The molecule has 4 rings (SSSR count). The van der Waals surface area contributed by atoms with Crippen molar-refractivity contribution in [3.63, 3.8) is 0 Å². The van der Waals surface area contributed by atoms with Crippen molar-refractivity contribution in [3.05, 3.63) is 83.4 Å². The molecule has 1 heterocycles. The molecule has 0 spiro atoms. The van der Waals surface area contributed by atoms with E-state index in [9.17, 15) is 18.0 Å². The number of carbonyl (C=O) groups excluding carboxylic acids is 2. The van der Waals surface area contributed by atoms with Crippen LogP contribution in [0.3, 0.4) is 0 Å². The molecule has 0 saturated heterocycles. The summed E-state index contributed by atoms with van der Waals surface area (Å²) in [6.07, 6.45) is 0. The zero-order valence-electron chi connectivity index (χ0n) is 17.9. The van der Waals surface area contributed by atoms with Crippen molar-refractivity contribution >= 4 is 56.3 Å². The van der Waals surface area contributed by atoms with Gasteiger partial charge in [0.25, 0.3) is 21.8 Å². The number of carbonyl (C=O) groups is 2. The highest BCUT2D eigenvalue weighted by Gasteiger charge is 2.26. The van der Waals surface area contributed by atoms with Crippen LogP contribution in [0.5, 0.6) is 0 Å². The lowest BCUT2D eigenvalue weighted by Crippen LogP contribution is -2.54. The molecule has 174 valence electrons. The Bertz CT molecular complexity index is 1370. The molecule has 0 unspecified atom stereocenters. The number of halogens is 1. The van der Waals surface area contributed by atoms with E-state index in [0.29, 0.717) is 16.4 Å². The molecule has 0 radical (unpaired) electrons. The summed E-state index contributed by atoms with van der Waals surface area (Å²) in [5.74, 6) is -1.01. The Labute approximate surface area is 201 Å². The van der Waals surface area contributed by atoms with Gasteiger partial charge < -0.3 is 5.32 Å². The number of amidine groups is 1. The number of hydrogen-bond donors (Lipinski definition) is 3. The molecule has 11 heteroatoms. The van der Waals surface area contributed by atoms with Crippen molar-refractivity contribution in [3.8, 4) is 0 Å². The number of rotatable bonds is 6. The lowest BCUT2D eigenvalue weighted by atomic mass is 10.2. The van der Waals surface area contributed by atoms with Gasteiger partial charge in [0.2, 0.25) is 5.84 Å². The van der Waals surface area contributed by atoms with Crippen LogP contribution in [0.2, 0.25) is 5.02 Å². The largest absolute Gasteiger partial charge is 0.319 e. The lowest BCUT2D eigenvalue weighted by molar-refractivity contribution is -0.118. The second-order valence-electron chi connectivity index (χ2n) is 7.44. The fourth-order valence-corrected chi connectivity index (χ4v) is 4.34. The van der Waals surface area contributed by atoms with E-state index in [1.165, 1.54) is 23.2 Å². The van der Waals surface area contributed by atoms with Gasteiger partial charge in [-0.15, -0.1) is 0 Å². The van der Waals surface area contributed by atoms with Crippen molar-refractivity contribution in [2.75, 3.05) is 21.6 Å². The first-order valence-electron chi connectivity index (χ1n) is 10.1. The molecule has 34 heavy (non-hydrogen) atoms. The number of amides is 2. The van der Waals surface area contributed by atoms with E-state index >= 15 is 0 Å². The summed E-state index contributed by atoms with van der Waals surface area (Å²) in [4.78, 5) is 29.0. The Morgan fingerprint density at radius 2 is 1.74 bits per heavy atom. The molecule has 1 aliphatic heterocycles. The summed E-state index contributed by atoms with van der Waals surface area (Å²) >= 11 is 5.84. The quantitative estimate of drug-likeness (QED) is 0.482. The SMILES string of the molecule is Cc1ccc(N2NC(C(=O)Nc3cccc(S(=O)(=O)Nc4ccc(Cl)cc4)c3)=NCC2=O)cc1. The first-order valence-corrected chi connectivity index (χ1v) is 12.0. The third kappa shape index (κ3) is 5.36. The van der Waals surface area contributed by atoms with Gasteiger partial charge in [-0.2, -0.15) is 0 Å². The highest BCUT2D eigenvalue weighted by Crippen LogP contribution is 2.21. The normalized spacial score (nSPS) is 13.6. The Hall–Kier alpha value is -3.89. The molecule has 1 aliphatic rings. The summed E-state index contributed by atoms with van der Waals surface area (Å²) in [6, 6.07) is 19.2. The predicted molar refractivity (Wildman–Crippen MR) is 131 cm³/mol. The van der Waals surface area contributed by atoms with Crippen LogP contribution in [0.1, 0.15) is 5.56 Å². The molecule has 0 bridgehead atoms. The Kier molecular flexibility index (Phi) is 6.53. The summed E-state index contributed by atoms with van der Waals surface area (Å²) in [6.45, 7) is 1.72. The van der Waals surface area contributed by atoms with E-state index in [1.54, 1.807) is 42.5 Å². The smallest absolute Gasteiger partial charge is 0.292 e. The Balaban J connectivity index is 1.48. The topological polar surface area (TPSA) is 120 Å². The van der Waals surface area contributed by atoms with Crippen molar-refractivity contribution in [1.29, 1.82) is 0 Å². The monoisotopic (exact) mass is 497 g/mol. The van der Waals surface area contributed by atoms with Gasteiger partial charge in [-0.05, 0) is 61.5 Å². The van der Waals surface area contributed by atoms with Gasteiger partial charge in [0.1, 0.15) is 6.54 Å².